The highest BCUT2D eigenvalue weighted by atomic mass is 35.5. The molecule has 1 aromatic rings. The number of alkyl halides is 1. The summed E-state index contributed by atoms with van der Waals surface area (Å²) in [4.78, 5) is 0. The molecule has 1 nitrogen and oxygen atoms in total. The summed E-state index contributed by atoms with van der Waals surface area (Å²) in [6, 6.07) is 7.51. The highest BCUT2D eigenvalue weighted by Gasteiger charge is 2.21. The molecule has 0 heterocycles. The maximum atomic E-state index is 6.48. The number of benzene rings is 1. The zero-order valence-corrected chi connectivity index (χ0v) is 12.4. The van der Waals surface area contributed by atoms with E-state index in [-0.39, 0.29) is 0 Å². The van der Waals surface area contributed by atoms with E-state index in [1.54, 1.807) is 11.1 Å². The van der Waals surface area contributed by atoms with Crippen molar-refractivity contribution in [1.82, 2.24) is 5.32 Å². The molecule has 3 rings (SSSR count). The molecule has 1 aromatic carbocycles. The molecule has 2 heteroatoms. The Morgan fingerprint density at radius 2 is 1.84 bits per heavy atom. The van der Waals surface area contributed by atoms with E-state index in [1.165, 1.54) is 56.9 Å². The number of hydrogen-bond donors (Lipinski definition) is 1. The molecule has 0 amide bonds. The molecule has 104 valence electrons. The van der Waals surface area contributed by atoms with Gasteiger partial charge < -0.3 is 5.32 Å². The summed E-state index contributed by atoms with van der Waals surface area (Å²) >= 11 is 6.48. The van der Waals surface area contributed by atoms with Crippen molar-refractivity contribution in [3.8, 4) is 0 Å². The van der Waals surface area contributed by atoms with Crippen LogP contribution < -0.4 is 5.32 Å². The molecule has 19 heavy (non-hydrogen) atoms. The van der Waals surface area contributed by atoms with Crippen LogP contribution >= 0.6 is 11.6 Å². The van der Waals surface area contributed by atoms with Gasteiger partial charge in [0.2, 0.25) is 0 Å². The Morgan fingerprint density at radius 3 is 2.79 bits per heavy atom. The molecule has 2 aliphatic rings. The lowest BCUT2D eigenvalue weighted by Crippen LogP contribution is -2.35. The van der Waals surface area contributed by atoms with Crippen LogP contribution in [0.3, 0.4) is 0 Å². The van der Waals surface area contributed by atoms with Crippen LogP contribution in [0.1, 0.15) is 55.2 Å². The first-order chi connectivity index (χ1) is 9.33. The van der Waals surface area contributed by atoms with Gasteiger partial charge in [-0.3, -0.25) is 0 Å². The van der Waals surface area contributed by atoms with Gasteiger partial charge in [0.1, 0.15) is 0 Å². The van der Waals surface area contributed by atoms with Gasteiger partial charge in [-0.25, -0.2) is 0 Å². The molecule has 2 aliphatic carbocycles. The maximum absolute atomic E-state index is 6.48. The fraction of sp³-hybridized carbons (Fsp3) is 0.647. The third-order valence-corrected chi connectivity index (χ3v) is 5.19. The second kappa shape index (κ2) is 6.28. The quantitative estimate of drug-likeness (QED) is 0.645. The molecule has 2 unspecified atom stereocenters. The highest BCUT2D eigenvalue weighted by Crippen LogP contribution is 2.24. The van der Waals surface area contributed by atoms with Crippen LogP contribution in [0.4, 0.5) is 0 Å². The van der Waals surface area contributed by atoms with E-state index in [2.05, 4.69) is 23.5 Å². The summed E-state index contributed by atoms with van der Waals surface area (Å²) < 4.78 is 0. The molecule has 0 bridgehead atoms. The van der Waals surface area contributed by atoms with Crippen LogP contribution in [0.25, 0.3) is 0 Å². The van der Waals surface area contributed by atoms with Crippen molar-refractivity contribution in [3.63, 3.8) is 0 Å². The third kappa shape index (κ3) is 3.32. The van der Waals surface area contributed by atoms with E-state index in [4.69, 9.17) is 11.6 Å². The zero-order chi connectivity index (χ0) is 13.1. The SMILES string of the molecule is ClC1CCCCCC1NCc1ccc2c(c1)CCC2. The molecule has 0 aromatic heterocycles. The van der Waals surface area contributed by atoms with Gasteiger partial charge in [0, 0.05) is 18.0 Å². The van der Waals surface area contributed by atoms with Crippen LogP contribution in [-0.2, 0) is 19.4 Å². The minimum atomic E-state index is 0.317. The van der Waals surface area contributed by atoms with Gasteiger partial charge in [-0.05, 0) is 48.8 Å². The summed E-state index contributed by atoms with van der Waals surface area (Å²) in [5.74, 6) is 0. The number of fused-ring (bicyclic) bond motifs is 1. The molecular formula is C17H24ClN. The molecule has 2 atom stereocenters. The van der Waals surface area contributed by atoms with Crippen molar-refractivity contribution in [3.05, 3.63) is 34.9 Å². The predicted octanol–water partition coefficient (Wildman–Crippen LogP) is 4.21. The lowest BCUT2D eigenvalue weighted by Gasteiger charge is -2.21. The first-order valence-corrected chi connectivity index (χ1v) is 8.25. The topological polar surface area (TPSA) is 12.0 Å². The zero-order valence-electron chi connectivity index (χ0n) is 11.6. The fourth-order valence-electron chi connectivity index (χ4n) is 3.48. The van der Waals surface area contributed by atoms with Crippen LogP contribution in [0.2, 0.25) is 0 Å². The summed E-state index contributed by atoms with van der Waals surface area (Å²) in [7, 11) is 0. The Morgan fingerprint density at radius 1 is 1.00 bits per heavy atom. The van der Waals surface area contributed by atoms with Crippen LogP contribution in [0.5, 0.6) is 0 Å². The van der Waals surface area contributed by atoms with Gasteiger partial charge in [0.25, 0.3) is 0 Å². The molecular weight excluding hydrogens is 254 g/mol. The predicted molar refractivity (Wildman–Crippen MR) is 81.8 cm³/mol. The van der Waals surface area contributed by atoms with Crippen molar-refractivity contribution in [2.24, 2.45) is 0 Å². The van der Waals surface area contributed by atoms with Gasteiger partial charge in [0.05, 0.1) is 0 Å². The molecule has 0 aliphatic heterocycles. The van der Waals surface area contributed by atoms with Crippen LogP contribution in [0, 0.1) is 0 Å². The number of aryl methyl sites for hydroxylation is 2. The minimum absolute atomic E-state index is 0.317. The molecule has 0 radical (unpaired) electrons. The molecule has 1 fully saturated rings. The lowest BCUT2D eigenvalue weighted by molar-refractivity contribution is 0.464. The van der Waals surface area contributed by atoms with Gasteiger partial charge in [-0.1, -0.05) is 37.5 Å². The molecule has 1 saturated carbocycles. The number of rotatable bonds is 3. The van der Waals surface area contributed by atoms with Crippen molar-refractivity contribution < 1.29 is 0 Å². The number of nitrogens with one attached hydrogen (secondary N) is 1. The van der Waals surface area contributed by atoms with Crippen molar-refractivity contribution in [1.29, 1.82) is 0 Å². The average molecular weight is 278 g/mol. The third-order valence-electron chi connectivity index (χ3n) is 4.66. The minimum Gasteiger partial charge on any atom is -0.308 e. The van der Waals surface area contributed by atoms with Crippen molar-refractivity contribution in [2.75, 3.05) is 0 Å². The van der Waals surface area contributed by atoms with Crippen molar-refractivity contribution >= 4 is 11.6 Å². The van der Waals surface area contributed by atoms with Gasteiger partial charge in [0.15, 0.2) is 0 Å². The molecule has 1 N–H and O–H groups in total. The Labute approximate surface area is 121 Å². The molecule has 0 saturated heterocycles. The van der Waals surface area contributed by atoms with Crippen LogP contribution in [0.15, 0.2) is 18.2 Å². The Kier molecular flexibility index (Phi) is 4.45. The monoisotopic (exact) mass is 277 g/mol. The fourth-order valence-corrected chi connectivity index (χ4v) is 3.85. The maximum Gasteiger partial charge on any atom is 0.0489 e. The normalized spacial score (nSPS) is 27.0. The molecule has 0 spiro atoms. The Bertz CT molecular complexity index is 429. The summed E-state index contributed by atoms with van der Waals surface area (Å²) in [5, 5.41) is 4.00. The highest BCUT2D eigenvalue weighted by molar-refractivity contribution is 6.21. The number of hydrogen-bond acceptors (Lipinski definition) is 1. The second-order valence-electron chi connectivity index (χ2n) is 6.10. The average Bonchev–Trinajstić information content (AvgIpc) is 2.79. The Balaban J connectivity index is 1.59. The van der Waals surface area contributed by atoms with Crippen molar-refractivity contribution in [2.45, 2.75) is 69.3 Å². The van der Waals surface area contributed by atoms with Gasteiger partial charge in [-0.2, -0.15) is 0 Å². The lowest BCUT2D eigenvalue weighted by atomic mass is 10.0. The van der Waals surface area contributed by atoms with E-state index < -0.39 is 0 Å². The van der Waals surface area contributed by atoms with Crippen LogP contribution in [-0.4, -0.2) is 11.4 Å². The second-order valence-corrected chi connectivity index (χ2v) is 6.66. The first-order valence-electron chi connectivity index (χ1n) is 7.81. The van der Waals surface area contributed by atoms with E-state index in [9.17, 15) is 0 Å². The largest absolute Gasteiger partial charge is 0.308 e. The number of halogens is 1. The summed E-state index contributed by atoms with van der Waals surface area (Å²) in [6.07, 6.45) is 10.2. The first kappa shape index (κ1) is 13.5. The van der Waals surface area contributed by atoms with E-state index in [0.29, 0.717) is 11.4 Å². The summed E-state index contributed by atoms with van der Waals surface area (Å²) in [6.45, 7) is 0.973. The van der Waals surface area contributed by atoms with E-state index >= 15 is 0 Å². The van der Waals surface area contributed by atoms with Gasteiger partial charge >= 0.3 is 0 Å². The van der Waals surface area contributed by atoms with Gasteiger partial charge in [-0.15, -0.1) is 11.6 Å². The van der Waals surface area contributed by atoms with E-state index in [1.807, 2.05) is 0 Å². The standard InChI is InChI=1S/C17H24ClN/c18-16-7-2-1-3-8-17(16)19-12-13-9-10-14-5-4-6-15(14)11-13/h9-11,16-17,19H,1-8,12H2. The smallest absolute Gasteiger partial charge is 0.0489 e. The van der Waals surface area contributed by atoms with E-state index in [0.717, 1.165) is 6.54 Å². The Hall–Kier alpha value is -0.530. The summed E-state index contributed by atoms with van der Waals surface area (Å²) in [5.41, 5.74) is 4.56.